The summed E-state index contributed by atoms with van der Waals surface area (Å²) in [6.07, 6.45) is 0.289. The number of sulfonamides is 1. The molecule has 1 aromatic rings. The van der Waals surface area contributed by atoms with Gasteiger partial charge in [-0.3, -0.25) is 0 Å². The zero-order valence-corrected chi connectivity index (χ0v) is 13.2. The molecule has 1 rings (SSSR count). The van der Waals surface area contributed by atoms with Gasteiger partial charge >= 0.3 is 0 Å². The van der Waals surface area contributed by atoms with Gasteiger partial charge in [0.1, 0.15) is 5.82 Å². The average Bonchev–Trinajstić information content (AvgIpc) is 2.30. The van der Waals surface area contributed by atoms with Gasteiger partial charge in [0.2, 0.25) is 10.0 Å². The van der Waals surface area contributed by atoms with Gasteiger partial charge in [-0.15, -0.1) is 0 Å². The Morgan fingerprint density at radius 1 is 1.40 bits per heavy atom. The van der Waals surface area contributed by atoms with Gasteiger partial charge in [0.05, 0.1) is 9.92 Å². The molecule has 7 heteroatoms. The predicted molar refractivity (Wildman–Crippen MR) is 76.7 cm³/mol. The molecule has 1 atom stereocenters. The minimum Gasteiger partial charge on any atom is -0.396 e. The van der Waals surface area contributed by atoms with E-state index in [2.05, 4.69) is 4.72 Å². The van der Waals surface area contributed by atoms with E-state index in [9.17, 15) is 12.8 Å². The molecule has 0 saturated heterocycles. The Hall–Kier alpha value is -0.690. The molecule has 0 amide bonds. The lowest BCUT2D eigenvalue weighted by molar-refractivity contribution is 0.214. The summed E-state index contributed by atoms with van der Waals surface area (Å²) < 4.78 is 40.1. The quantitative estimate of drug-likeness (QED) is 0.875. The normalized spacial score (nSPS) is 14.3. The lowest BCUT2D eigenvalue weighted by Crippen LogP contribution is -2.44. The molecule has 0 bridgehead atoms. The third-order valence-electron chi connectivity index (χ3n) is 2.96. The van der Waals surface area contributed by atoms with Crippen molar-refractivity contribution in [1.82, 2.24) is 4.72 Å². The Labute approximate surface area is 124 Å². The van der Waals surface area contributed by atoms with E-state index in [0.29, 0.717) is 0 Å². The van der Waals surface area contributed by atoms with Gasteiger partial charge in [-0.25, -0.2) is 17.5 Å². The van der Waals surface area contributed by atoms with Crippen LogP contribution in [0.2, 0.25) is 5.02 Å². The number of aliphatic hydroxyl groups excluding tert-OH is 1. The Morgan fingerprint density at radius 3 is 2.45 bits per heavy atom. The summed E-state index contributed by atoms with van der Waals surface area (Å²) in [6.45, 7) is 5.48. The van der Waals surface area contributed by atoms with Crippen LogP contribution in [0.4, 0.5) is 4.39 Å². The lowest BCUT2D eigenvalue weighted by Gasteiger charge is -2.30. The molecule has 0 heterocycles. The standard InChI is InChI=1S/C13H19ClFNO3S/c1-13(2,3)12(6-7-17)16-20(18,19)9-4-5-11(15)10(14)8-9/h4-5,8,12,16-17H,6-7H2,1-3H3. The summed E-state index contributed by atoms with van der Waals surface area (Å²) in [5, 5.41) is 8.79. The fourth-order valence-electron chi connectivity index (χ4n) is 1.70. The molecular formula is C13H19ClFNO3S. The SMILES string of the molecule is CC(C)(C)C(CCO)NS(=O)(=O)c1ccc(F)c(Cl)c1. The molecule has 0 saturated carbocycles. The second-order valence-electron chi connectivity index (χ2n) is 5.63. The Balaban J connectivity index is 3.06. The highest BCUT2D eigenvalue weighted by molar-refractivity contribution is 7.89. The van der Waals surface area contributed by atoms with Crippen molar-refractivity contribution < 1.29 is 17.9 Å². The molecule has 1 unspecified atom stereocenters. The fraction of sp³-hybridized carbons (Fsp3) is 0.538. The minimum atomic E-state index is -3.82. The van der Waals surface area contributed by atoms with E-state index >= 15 is 0 Å². The van der Waals surface area contributed by atoms with Crippen molar-refractivity contribution >= 4 is 21.6 Å². The number of hydrogen-bond donors (Lipinski definition) is 2. The van der Waals surface area contributed by atoms with Crippen molar-refractivity contribution in [3.8, 4) is 0 Å². The van der Waals surface area contributed by atoms with Crippen LogP contribution in [0, 0.1) is 11.2 Å². The molecule has 114 valence electrons. The highest BCUT2D eigenvalue weighted by Gasteiger charge is 2.29. The number of nitrogens with one attached hydrogen (secondary N) is 1. The van der Waals surface area contributed by atoms with Crippen LogP contribution >= 0.6 is 11.6 Å². The zero-order chi connectivity index (χ0) is 15.6. The number of benzene rings is 1. The van der Waals surface area contributed by atoms with Crippen LogP contribution in [-0.4, -0.2) is 26.2 Å². The van der Waals surface area contributed by atoms with E-state index in [0.717, 1.165) is 18.2 Å². The van der Waals surface area contributed by atoms with Gasteiger partial charge in [0.25, 0.3) is 0 Å². The first kappa shape index (κ1) is 17.4. The van der Waals surface area contributed by atoms with E-state index < -0.39 is 21.9 Å². The maximum atomic E-state index is 13.1. The molecule has 0 aliphatic rings. The predicted octanol–water partition coefficient (Wildman–Crippen LogP) is 2.55. The van der Waals surface area contributed by atoms with Crippen LogP contribution in [0.1, 0.15) is 27.2 Å². The molecule has 20 heavy (non-hydrogen) atoms. The molecule has 0 spiro atoms. The second-order valence-corrected chi connectivity index (χ2v) is 7.75. The number of rotatable bonds is 5. The fourth-order valence-corrected chi connectivity index (χ4v) is 3.44. The monoisotopic (exact) mass is 323 g/mol. The van der Waals surface area contributed by atoms with Gasteiger partial charge < -0.3 is 5.11 Å². The molecular weight excluding hydrogens is 305 g/mol. The second kappa shape index (κ2) is 6.39. The molecule has 2 N–H and O–H groups in total. The maximum Gasteiger partial charge on any atom is 0.240 e. The number of hydrogen-bond acceptors (Lipinski definition) is 3. The molecule has 0 aliphatic heterocycles. The van der Waals surface area contributed by atoms with Crippen LogP contribution in [-0.2, 0) is 10.0 Å². The van der Waals surface area contributed by atoms with Crippen LogP contribution < -0.4 is 4.72 Å². The molecule has 0 aliphatic carbocycles. The Morgan fingerprint density at radius 2 is 2.00 bits per heavy atom. The van der Waals surface area contributed by atoms with Gasteiger partial charge in [-0.1, -0.05) is 32.4 Å². The van der Waals surface area contributed by atoms with Crippen LogP contribution in [0.3, 0.4) is 0 Å². The first-order valence-electron chi connectivity index (χ1n) is 6.16. The topological polar surface area (TPSA) is 66.4 Å². The molecule has 0 fully saturated rings. The number of halogens is 2. The van der Waals surface area contributed by atoms with Gasteiger partial charge in [-0.2, -0.15) is 0 Å². The first-order chi connectivity index (χ1) is 9.08. The Kier molecular flexibility index (Phi) is 5.54. The average molecular weight is 324 g/mol. The third kappa shape index (κ3) is 4.41. The largest absolute Gasteiger partial charge is 0.396 e. The smallest absolute Gasteiger partial charge is 0.240 e. The minimum absolute atomic E-state index is 0.101. The summed E-state index contributed by atoms with van der Waals surface area (Å²) in [5.74, 6) is -0.673. The number of aliphatic hydroxyl groups is 1. The third-order valence-corrected chi connectivity index (χ3v) is 4.72. The van der Waals surface area contributed by atoms with E-state index in [1.807, 2.05) is 20.8 Å². The molecule has 1 aromatic carbocycles. The van der Waals surface area contributed by atoms with E-state index in [-0.39, 0.29) is 28.4 Å². The van der Waals surface area contributed by atoms with Crippen molar-refractivity contribution in [2.45, 2.75) is 38.1 Å². The van der Waals surface area contributed by atoms with E-state index in [1.54, 1.807) is 0 Å². The van der Waals surface area contributed by atoms with Crippen molar-refractivity contribution in [3.05, 3.63) is 29.0 Å². The zero-order valence-electron chi connectivity index (χ0n) is 11.7. The van der Waals surface area contributed by atoms with Crippen molar-refractivity contribution in [1.29, 1.82) is 0 Å². The molecule has 0 radical (unpaired) electrons. The summed E-state index contributed by atoms with van der Waals surface area (Å²) >= 11 is 5.60. The summed E-state index contributed by atoms with van der Waals surface area (Å²) in [4.78, 5) is -0.101. The lowest BCUT2D eigenvalue weighted by atomic mass is 9.86. The molecule has 4 nitrogen and oxygen atoms in total. The van der Waals surface area contributed by atoms with Crippen molar-refractivity contribution in [2.75, 3.05) is 6.61 Å². The first-order valence-corrected chi connectivity index (χ1v) is 8.02. The van der Waals surface area contributed by atoms with Gasteiger partial charge in [0, 0.05) is 12.6 Å². The summed E-state index contributed by atoms with van der Waals surface area (Å²) in [6, 6.07) is 2.79. The summed E-state index contributed by atoms with van der Waals surface area (Å²) in [7, 11) is -3.82. The molecule has 0 aromatic heterocycles. The van der Waals surface area contributed by atoms with Gasteiger partial charge in [-0.05, 0) is 30.0 Å². The van der Waals surface area contributed by atoms with E-state index in [4.69, 9.17) is 16.7 Å². The van der Waals surface area contributed by atoms with Crippen LogP contribution in [0.15, 0.2) is 23.1 Å². The van der Waals surface area contributed by atoms with E-state index in [1.165, 1.54) is 0 Å². The van der Waals surface area contributed by atoms with Crippen molar-refractivity contribution in [3.63, 3.8) is 0 Å². The highest BCUT2D eigenvalue weighted by Crippen LogP contribution is 2.25. The highest BCUT2D eigenvalue weighted by atomic mass is 35.5. The van der Waals surface area contributed by atoms with Crippen LogP contribution in [0.25, 0.3) is 0 Å². The van der Waals surface area contributed by atoms with Crippen molar-refractivity contribution in [2.24, 2.45) is 5.41 Å². The summed E-state index contributed by atoms with van der Waals surface area (Å²) in [5.41, 5.74) is -0.361. The van der Waals surface area contributed by atoms with Gasteiger partial charge in [0.15, 0.2) is 0 Å². The maximum absolute atomic E-state index is 13.1. The Bertz CT molecular complexity index is 569. The van der Waals surface area contributed by atoms with Crippen LogP contribution in [0.5, 0.6) is 0 Å².